The molecule has 0 saturated carbocycles. The number of anilines is 1. The molecule has 0 aliphatic carbocycles. The predicted molar refractivity (Wildman–Crippen MR) is 97.5 cm³/mol. The molecule has 25 heavy (non-hydrogen) atoms. The second kappa shape index (κ2) is 7.98. The summed E-state index contributed by atoms with van der Waals surface area (Å²) < 4.78 is 4.67. The normalized spacial score (nSPS) is 14.8. The molecule has 7 heteroatoms. The van der Waals surface area contributed by atoms with Crippen LogP contribution in [0.4, 0.5) is 11.4 Å². The van der Waals surface area contributed by atoms with E-state index in [0.29, 0.717) is 11.3 Å². The number of methoxy groups -OCH3 is 1. The van der Waals surface area contributed by atoms with Crippen molar-refractivity contribution in [1.82, 2.24) is 5.01 Å². The molecule has 1 aliphatic heterocycles. The minimum absolute atomic E-state index is 0.359. The Kier molecular flexibility index (Phi) is 5.50. The summed E-state index contributed by atoms with van der Waals surface area (Å²) in [5.41, 5.74) is 2.37. The molecular formula is C18H19ClN4O2. The molecule has 2 aromatic rings. The van der Waals surface area contributed by atoms with Gasteiger partial charge < -0.3 is 9.64 Å². The molecule has 0 amide bonds. The number of halogens is 1. The van der Waals surface area contributed by atoms with Gasteiger partial charge >= 0.3 is 5.97 Å². The molecule has 1 aliphatic rings. The summed E-state index contributed by atoms with van der Waals surface area (Å²) in [5.74, 6) is -0.359. The minimum Gasteiger partial charge on any atom is -0.465 e. The van der Waals surface area contributed by atoms with Crippen molar-refractivity contribution in [2.24, 2.45) is 10.3 Å². The van der Waals surface area contributed by atoms with Crippen LogP contribution in [0.3, 0.4) is 0 Å². The molecule has 6 nitrogen and oxygen atoms in total. The van der Waals surface area contributed by atoms with Gasteiger partial charge in [-0.05, 0) is 48.5 Å². The third-order valence-electron chi connectivity index (χ3n) is 4.02. The summed E-state index contributed by atoms with van der Waals surface area (Å²) in [4.78, 5) is 13.7. The van der Waals surface area contributed by atoms with Crippen molar-refractivity contribution in [3.63, 3.8) is 0 Å². The highest BCUT2D eigenvalue weighted by molar-refractivity contribution is 6.30. The first-order valence-corrected chi connectivity index (χ1v) is 8.39. The number of piperazine rings is 1. The SMILES string of the molecule is COC(=O)c1ccc(/N=N/N2CCN(c3ccc(Cl)cc3)CC2)cc1. The van der Waals surface area contributed by atoms with Crippen molar-refractivity contribution < 1.29 is 9.53 Å². The fourth-order valence-corrected chi connectivity index (χ4v) is 2.72. The Morgan fingerprint density at radius 1 is 1.00 bits per heavy atom. The van der Waals surface area contributed by atoms with Gasteiger partial charge in [0.15, 0.2) is 0 Å². The number of carbonyl (C=O) groups is 1. The first-order chi connectivity index (χ1) is 12.2. The number of benzene rings is 2. The number of hydrogen-bond donors (Lipinski definition) is 0. The zero-order valence-corrected chi connectivity index (χ0v) is 14.7. The van der Waals surface area contributed by atoms with Crippen LogP contribution < -0.4 is 4.90 Å². The van der Waals surface area contributed by atoms with E-state index in [1.165, 1.54) is 12.8 Å². The van der Waals surface area contributed by atoms with Crippen molar-refractivity contribution in [3.05, 3.63) is 59.1 Å². The summed E-state index contributed by atoms with van der Waals surface area (Å²) in [5, 5.41) is 11.2. The van der Waals surface area contributed by atoms with Gasteiger partial charge in [-0.1, -0.05) is 16.8 Å². The highest BCUT2D eigenvalue weighted by Gasteiger charge is 2.16. The maximum absolute atomic E-state index is 11.4. The predicted octanol–water partition coefficient (Wildman–Crippen LogP) is 3.95. The number of nitrogens with zero attached hydrogens (tertiary/aromatic N) is 4. The molecule has 0 atom stereocenters. The zero-order valence-electron chi connectivity index (χ0n) is 13.9. The fourth-order valence-electron chi connectivity index (χ4n) is 2.59. The van der Waals surface area contributed by atoms with Crippen molar-refractivity contribution >= 4 is 28.9 Å². The van der Waals surface area contributed by atoms with Gasteiger partial charge in [-0.3, -0.25) is 5.01 Å². The lowest BCUT2D eigenvalue weighted by Gasteiger charge is -2.33. The van der Waals surface area contributed by atoms with Gasteiger partial charge in [0.1, 0.15) is 0 Å². The molecule has 1 saturated heterocycles. The van der Waals surface area contributed by atoms with E-state index in [2.05, 4.69) is 20.0 Å². The lowest BCUT2D eigenvalue weighted by molar-refractivity contribution is 0.0601. The highest BCUT2D eigenvalue weighted by Crippen LogP contribution is 2.20. The molecule has 0 bridgehead atoms. The van der Waals surface area contributed by atoms with E-state index in [9.17, 15) is 4.79 Å². The molecule has 130 valence electrons. The van der Waals surface area contributed by atoms with Gasteiger partial charge in [0.25, 0.3) is 0 Å². The summed E-state index contributed by atoms with van der Waals surface area (Å²) in [7, 11) is 1.36. The van der Waals surface area contributed by atoms with Crippen molar-refractivity contribution in [2.75, 3.05) is 38.2 Å². The van der Waals surface area contributed by atoms with Crippen molar-refractivity contribution in [3.8, 4) is 0 Å². The Bertz CT molecular complexity index is 739. The lowest BCUT2D eigenvalue weighted by atomic mass is 10.2. The van der Waals surface area contributed by atoms with E-state index in [-0.39, 0.29) is 5.97 Å². The lowest BCUT2D eigenvalue weighted by Crippen LogP contribution is -2.43. The number of esters is 1. The van der Waals surface area contributed by atoms with Gasteiger partial charge in [-0.25, -0.2) is 4.79 Å². The van der Waals surface area contributed by atoms with E-state index < -0.39 is 0 Å². The van der Waals surface area contributed by atoms with E-state index in [1.54, 1.807) is 24.3 Å². The summed E-state index contributed by atoms with van der Waals surface area (Å²) in [6.07, 6.45) is 0. The first kappa shape index (κ1) is 17.2. The number of rotatable bonds is 4. The summed E-state index contributed by atoms with van der Waals surface area (Å²) >= 11 is 5.93. The van der Waals surface area contributed by atoms with Crippen LogP contribution in [0.15, 0.2) is 58.9 Å². The Balaban J connectivity index is 1.54. The van der Waals surface area contributed by atoms with Gasteiger partial charge in [-0.2, -0.15) is 0 Å². The van der Waals surface area contributed by atoms with Crippen LogP contribution in [0.5, 0.6) is 0 Å². The first-order valence-electron chi connectivity index (χ1n) is 8.01. The Morgan fingerprint density at radius 3 is 2.24 bits per heavy atom. The standard InChI is InChI=1S/C18H19ClN4O2/c1-25-18(24)14-2-6-16(7-3-14)20-21-23-12-10-22(11-13-23)17-8-4-15(19)5-9-17/h2-9H,10-13H2,1H3/b21-20+. The maximum Gasteiger partial charge on any atom is 0.337 e. The van der Waals surface area contributed by atoms with E-state index >= 15 is 0 Å². The topological polar surface area (TPSA) is 57.5 Å². The highest BCUT2D eigenvalue weighted by atomic mass is 35.5. The number of hydrogen-bond acceptors (Lipinski definition) is 5. The fraction of sp³-hybridized carbons (Fsp3) is 0.278. The molecule has 0 spiro atoms. The van der Waals surface area contributed by atoms with E-state index in [0.717, 1.165) is 31.2 Å². The molecule has 0 unspecified atom stereocenters. The van der Waals surface area contributed by atoms with Crippen LogP contribution in [-0.4, -0.2) is 44.3 Å². The number of carbonyl (C=O) groups excluding carboxylic acids is 1. The Labute approximate surface area is 151 Å². The molecule has 0 radical (unpaired) electrons. The van der Waals surface area contributed by atoms with Crippen LogP contribution in [-0.2, 0) is 4.74 Å². The smallest absolute Gasteiger partial charge is 0.337 e. The summed E-state index contributed by atoms with van der Waals surface area (Å²) in [6.45, 7) is 3.35. The van der Waals surface area contributed by atoms with Crippen LogP contribution in [0.25, 0.3) is 0 Å². The van der Waals surface area contributed by atoms with Crippen molar-refractivity contribution in [2.45, 2.75) is 0 Å². The van der Waals surface area contributed by atoms with Crippen LogP contribution in [0.1, 0.15) is 10.4 Å². The van der Waals surface area contributed by atoms with Crippen LogP contribution >= 0.6 is 11.6 Å². The second-order valence-corrected chi connectivity index (χ2v) is 6.08. The van der Waals surface area contributed by atoms with Crippen molar-refractivity contribution in [1.29, 1.82) is 0 Å². The van der Waals surface area contributed by atoms with Gasteiger partial charge in [0, 0.05) is 23.8 Å². The molecule has 1 heterocycles. The average molecular weight is 359 g/mol. The van der Waals surface area contributed by atoms with E-state index in [4.69, 9.17) is 11.6 Å². The maximum atomic E-state index is 11.4. The molecular weight excluding hydrogens is 340 g/mol. The van der Waals surface area contributed by atoms with Gasteiger partial charge in [0.2, 0.25) is 0 Å². The molecule has 0 N–H and O–H groups in total. The van der Waals surface area contributed by atoms with Crippen LogP contribution in [0, 0.1) is 0 Å². The molecule has 1 fully saturated rings. The average Bonchev–Trinajstić information content (AvgIpc) is 2.67. The minimum atomic E-state index is -0.359. The second-order valence-electron chi connectivity index (χ2n) is 5.65. The third kappa shape index (κ3) is 4.48. The quantitative estimate of drug-likeness (QED) is 0.613. The molecule has 0 aromatic heterocycles. The monoisotopic (exact) mass is 358 g/mol. The molecule has 3 rings (SSSR count). The summed E-state index contributed by atoms with van der Waals surface area (Å²) in [6, 6.07) is 14.7. The molecule has 2 aromatic carbocycles. The van der Waals surface area contributed by atoms with Crippen LogP contribution in [0.2, 0.25) is 5.02 Å². The third-order valence-corrected chi connectivity index (χ3v) is 4.27. The zero-order chi connectivity index (χ0) is 17.6. The van der Waals surface area contributed by atoms with Gasteiger partial charge in [-0.15, -0.1) is 5.11 Å². The largest absolute Gasteiger partial charge is 0.465 e. The van der Waals surface area contributed by atoms with Gasteiger partial charge in [0.05, 0.1) is 31.5 Å². The number of ether oxygens (including phenoxy) is 1. The van der Waals surface area contributed by atoms with E-state index in [1.807, 2.05) is 29.3 Å². The Morgan fingerprint density at radius 2 is 1.64 bits per heavy atom. The Hall–Kier alpha value is -2.60.